The lowest BCUT2D eigenvalue weighted by atomic mass is 10.1. The Morgan fingerprint density at radius 3 is 2.74 bits per heavy atom. The van der Waals surface area contributed by atoms with E-state index in [1.807, 2.05) is 16.7 Å². The van der Waals surface area contributed by atoms with Gasteiger partial charge < -0.3 is 4.98 Å². The Morgan fingerprint density at radius 2 is 1.96 bits per heavy atom. The average Bonchev–Trinajstić information content (AvgIpc) is 2.77. The van der Waals surface area contributed by atoms with Gasteiger partial charge in [-0.25, -0.2) is 4.79 Å². The van der Waals surface area contributed by atoms with Crippen LogP contribution in [0.1, 0.15) is 23.6 Å². The number of aryl methyl sites for hydroxylation is 1. The zero-order valence-corrected chi connectivity index (χ0v) is 13.5. The fourth-order valence-electron chi connectivity index (χ4n) is 3.57. The van der Waals surface area contributed by atoms with Crippen LogP contribution in [0, 0.1) is 6.92 Å². The van der Waals surface area contributed by atoms with Crippen LogP contribution in [0.3, 0.4) is 0 Å². The molecule has 4 heteroatoms. The monoisotopic (exact) mass is 307 g/mol. The maximum atomic E-state index is 12.3. The van der Waals surface area contributed by atoms with E-state index in [2.05, 4.69) is 54.1 Å². The number of imidazole rings is 1. The fraction of sp³-hybridized carbons (Fsp3) is 0.316. The molecular formula is C19H21N3O. The number of rotatable bonds is 2. The van der Waals surface area contributed by atoms with E-state index in [1.165, 1.54) is 16.7 Å². The number of H-pyrrole nitrogens is 1. The second kappa shape index (κ2) is 5.39. The van der Waals surface area contributed by atoms with E-state index >= 15 is 0 Å². The summed E-state index contributed by atoms with van der Waals surface area (Å²) in [7, 11) is 0. The van der Waals surface area contributed by atoms with E-state index in [9.17, 15) is 4.79 Å². The third-order valence-electron chi connectivity index (χ3n) is 4.93. The van der Waals surface area contributed by atoms with Gasteiger partial charge in [0.25, 0.3) is 0 Å². The van der Waals surface area contributed by atoms with Gasteiger partial charge in [0, 0.05) is 25.7 Å². The van der Waals surface area contributed by atoms with Crippen LogP contribution in [-0.2, 0) is 19.6 Å². The second-order valence-electron chi connectivity index (χ2n) is 6.54. The van der Waals surface area contributed by atoms with Gasteiger partial charge in [0.2, 0.25) is 0 Å². The van der Waals surface area contributed by atoms with Crippen molar-refractivity contribution in [2.24, 2.45) is 0 Å². The summed E-state index contributed by atoms with van der Waals surface area (Å²) in [6.45, 7) is 6.84. The lowest BCUT2D eigenvalue weighted by Crippen LogP contribution is -2.35. The van der Waals surface area contributed by atoms with Gasteiger partial charge in [0.1, 0.15) is 0 Å². The van der Waals surface area contributed by atoms with Crippen LogP contribution in [-0.4, -0.2) is 20.5 Å². The highest BCUT2D eigenvalue weighted by Gasteiger charge is 2.25. The predicted molar refractivity (Wildman–Crippen MR) is 92.4 cm³/mol. The number of benzene rings is 2. The Morgan fingerprint density at radius 1 is 1.17 bits per heavy atom. The Hall–Kier alpha value is -2.33. The summed E-state index contributed by atoms with van der Waals surface area (Å²) >= 11 is 0. The van der Waals surface area contributed by atoms with Crippen molar-refractivity contribution in [2.45, 2.75) is 39.5 Å². The molecule has 0 spiro atoms. The zero-order valence-electron chi connectivity index (χ0n) is 13.5. The highest BCUT2D eigenvalue weighted by Crippen LogP contribution is 2.27. The largest absolute Gasteiger partial charge is 0.326 e. The van der Waals surface area contributed by atoms with Gasteiger partial charge in [-0.3, -0.25) is 9.47 Å². The summed E-state index contributed by atoms with van der Waals surface area (Å²) in [5.41, 5.74) is 5.85. The minimum absolute atomic E-state index is 0.000242. The summed E-state index contributed by atoms with van der Waals surface area (Å²) in [6, 6.07) is 15.0. The number of aromatic nitrogens is 2. The van der Waals surface area contributed by atoms with Crippen molar-refractivity contribution in [2.75, 3.05) is 0 Å². The molecule has 0 fully saturated rings. The van der Waals surface area contributed by atoms with E-state index in [1.54, 1.807) is 0 Å². The molecule has 1 atom stereocenters. The van der Waals surface area contributed by atoms with E-state index in [0.29, 0.717) is 6.04 Å². The third-order valence-corrected chi connectivity index (χ3v) is 4.93. The molecule has 0 bridgehead atoms. The third kappa shape index (κ3) is 2.39. The molecule has 2 heterocycles. The predicted octanol–water partition coefficient (Wildman–Crippen LogP) is 3.04. The van der Waals surface area contributed by atoms with E-state index in [0.717, 1.165) is 30.7 Å². The number of nitrogens with one attached hydrogen (secondary N) is 1. The van der Waals surface area contributed by atoms with Crippen molar-refractivity contribution >= 4 is 11.0 Å². The van der Waals surface area contributed by atoms with Crippen molar-refractivity contribution < 1.29 is 0 Å². The van der Waals surface area contributed by atoms with Crippen molar-refractivity contribution in [3.05, 3.63) is 69.6 Å². The van der Waals surface area contributed by atoms with Crippen molar-refractivity contribution in [1.29, 1.82) is 0 Å². The van der Waals surface area contributed by atoms with Crippen LogP contribution in [0.15, 0.2) is 47.3 Å². The summed E-state index contributed by atoms with van der Waals surface area (Å²) < 4.78 is 1.91. The lowest BCUT2D eigenvalue weighted by molar-refractivity contribution is 0.180. The smallest absolute Gasteiger partial charge is 0.306 e. The van der Waals surface area contributed by atoms with E-state index < -0.39 is 0 Å². The Labute approximate surface area is 135 Å². The molecule has 0 unspecified atom stereocenters. The van der Waals surface area contributed by atoms with E-state index in [-0.39, 0.29) is 5.69 Å². The molecule has 23 heavy (non-hydrogen) atoms. The van der Waals surface area contributed by atoms with Crippen LogP contribution in [0.25, 0.3) is 11.0 Å². The summed E-state index contributed by atoms with van der Waals surface area (Å²) in [5.74, 6) is 0. The first-order valence-corrected chi connectivity index (χ1v) is 8.12. The van der Waals surface area contributed by atoms with Crippen LogP contribution in [0.4, 0.5) is 0 Å². The number of nitrogens with zero attached hydrogens (tertiary/aromatic N) is 2. The van der Waals surface area contributed by atoms with E-state index in [4.69, 9.17) is 0 Å². The van der Waals surface area contributed by atoms with Crippen molar-refractivity contribution in [1.82, 2.24) is 14.5 Å². The van der Waals surface area contributed by atoms with Gasteiger partial charge in [-0.1, -0.05) is 36.4 Å². The van der Waals surface area contributed by atoms with Crippen molar-refractivity contribution in [3.63, 3.8) is 0 Å². The quantitative estimate of drug-likeness (QED) is 0.790. The minimum Gasteiger partial charge on any atom is -0.306 e. The highest BCUT2D eigenvalue weighted by atomic mass is 16.1. The molecule has 0 radical (unpaired) electrons. The molecule has 2 aromatic carbocycles. The van der Waals surface area contributed by atoms with Gasteiger partial charge >= 0.3 is 5.69 Å². The highest BCUT2D eigenvalue weighted by molar-refractivity contribution is 5.80. The van der Waals surface area contributed by atoms with Gasteiger partial charge in [0.15, 0.2) is 0 Å². The molecule has 3 aromatic rings. The number of aromatic amines is 1. The first-order valence-electron chi connectivity index (χ1n) is 8.12. The topological polar surface area (TPSA) is 41.0 Å². The van der Waals surface area contributed by atoms with Gasteiger partial charge in [-0.2, -0.15) is 0 Å². The normalized spacial score (nSPS) is 18.3. The Kier molecular flexibility index (Phi) is 3.34. The molecular weight excluding hydrogens is 286 g/mol. The first kappa shape index (κ1) is 14.3. The molecule has 0 aliphatic carbocycles. The van der Waals surface area contributed by atoms with Crippen LogP contribution in [0.5, 0.6) is 0 Å². The summed E-state index contributed by atoms with van der Waals surface area (Å²) in [4.78, 5) is 17.8. The SMILES string of the molecule is Cc1ccc2[nH]c(=O)n3c2c1CN(Cc1ccccc1)[C@@H](C)C3. The molecule has 1 aliphatic rings. The van der Waals surface area contributed by atoms with Crippen LogP contribution in [0.2, 0.25) is 0 Å². The maximum Gasteiger partial charge on any atom is 0.326 e. The zero-order chi connectivity index (χ0) is 16.0. The van der Waals surface area contributed by atoms with Gasteiger partial charge in [-0.15, -0.1) is 0 Å². The number of hydrogen-bond acceptors (Lipinski definition) is 2. The molecule has 0 saturated heterocycles. The Balaban J connectivity index is 1.79. The molecule has 118 valence electrons. The number of hydrogen-bond donors (Lipinski definition) is 1. The molecule has 1 aromatic heterocycles. The lowest BCUT2D eigenvalue weighted by Gasteiger charge is -2.27. The minimum atomic E-state index is 0.000242. The van der Waals surface area contributed by atoms with Gasteiger partial charge in [0.05, 0.1) is 11.0 Å². The molecule has 1 aliphatic heterocycles. The standard InChI is InChI=1S/C19H21N3O/c1-13-8-9-17-18-16(13)12-21(11-15-6-4-3-5-7-15)14(2)10-22(18)19(23)20-17/h3-9,14H,10-12H2,1-2H3,(H,20,23)/t14-/m0/s1. The molecule has 4 nitrogen and oxygen atoms in total. The molecule has 0 amide bonds. The summed E-state index contributed by atoms with van der Waals surface area (Å²) in [6.07, 6.45) is 0. The second-order valence-corrected chi connectivity index (χ2v) is 6.54. The molecule has 1 N–H and O–H groups in total. The summed E-state index contributed by atoms with van der Waals surface area (Å²) in [5, 5.41) is 0. The van der Waals surface area contributed by atoms with Gasteiger partial charge in [-0.05, 0) is 36.6 Å². The maximum absolute atomic E-state index is 12.3. The molecule has 0 saturated carbocycles. The molecule has 4 rings (SSSR count). The Bertz CT molecular complexity index is 908. The first-order chi connectivity index (χ1) is 11.1. The van der Waals surface area contributed by atoms with Crippen molar-refractivity contribution in [3.8, 4) is 0 Å². The van der Waals surface area contributed by atoms with Crippen LogP contribution < -0.4 is 5.69 Å². The fourth-order valence-corrected chi connectivity index (χ4v) is 3.57. The average molecular weight is 307 g/mol. The van der Waals surface area contributed by atoms with Crippen LogP contribution >= 0.6 is 0 Å².